The number of carbonyl (C=O) groups is 1. The number of aromatic nitrogens is 2. The van der Waals surface area contributed by atoms with Crippen molar-refractivity contribution < 1.29 is 4.79 Å². The first-order chi connectivity index (χ1) is 7.25. The molecular formula is C10H7BrN2OS. The van der Waals surface area contributed by atoms with Crippen LogP contribution in [-0.2, 0) is 6.42 Å². The number of benzene rings is 1. The van der Waals surface area contributed by atoms with Gasteiger partial charge in [0.15, 0.2) is 5.78 Å². The molecule has 1 aromatic carbocycles. The summed E-state index contributed by atoms with van der Waals surface area (Å²) < 4.78 is 4.67. The second-order valence-corrected chi connectivity index (χ2v) is 4.71. The van der Waals surface area contributed by atoms with Gasteiger partial charge in [0.1, 0.15) is 4.88 Å². The van der Waals surface area contributed by atoms with E-state index >= 15 is 0 Å². The first kappa shape index (κ1) is 10.4. The van der Waals surface area contributed by atoms with Crippen LogP contribution in [-0.4, -0.2) is 15.4 Å². The summed E-state index contributed by atoms with van der Waals surface area (Å²) in [5.41, 5.74) is 0.997. The van der Waals surface area contributed by atoms with Gasteiger partial charge in [0, 0.05) is 10.9 Å². The van der Waals surface area contributed by atoms with Gasteiger partial charge in [-0.3, -0.25) is 4.79 Å². The summed E-state index contributed by atoms with van der Waals surface area (Å²) in [6.45, 7) is 0. The van der Waals surface area contributed by atoms with Crippen LogP contribution in [0.15, 0.2) is 34.9 Å². The van der Waals surface area contributed by atoms with Crippen molar-refractivity contribution in [2.24, 2.45) is 0 Å². The lowest BCUT2D eigenvalue weighted by molar-refractivity contribution is 0.0996. The average molecular weight is 283 g/mol. The third-order valence-corrected chi connectivity index (χ3v) is 3.15. The highest BCUT2D eigenvalue weighted by Crippen LogP contribution is 2.13. The fourth-order valence-corrected chi connectivity index (χ4v) is 1.88. The molecule has 0 aliphatic heterocycles. The number of carbonyl (C=O) groups excluding carboxylic acids is 1. The molecule has 0 bridgehead atoms. The number of halogens is 1. The molecule has 0 fully saturated rings. The van der Waals surface area contributed by atoms with E-state index in [0.717, 1.165) is 21.6 Å². The number of Topliss-reactive ketones (excluding diaryl/α,β-unsaturated/α-hetero) is 1. The molecule has 2 rings (SSSR count). The molecule has 1 aromatic heterocycles. The third kappa shape index (κ3) is 2.70. The summed E-state index contributed by atoms with van der Waals surface area (Å²) in [5.74, 6) is 0.0623. The lowest BCUT2D eigenvalue weighted by Gasteiger charge is -1.98. The van der Waals surface area contributed by atoms with E-state index in [1.165, 1.54) is 6.20 Å². The van der Waals surface area contributed by atoms with Gasteiger partial charge in [-0.2, -0.15) is 0 Å². The average Bonchev–Trinajstić information content (AvgIpc) is 2.74. The largest absolute Gasteiger partial charge is 0.293 e. The van der Waals surface area contributed by atoms with Gasteiger partial charge in [-0.25, -0.2) is 0 Å². The Morgan fingerprint density at radius 2 is 2.07 bits per heavy atom. The van der Waals surface area contributed by atoms with Gasteiger partial charge in [0.05, 0.1) is 6.20 Å². The molecule has 0 radical (unpaired) electrons. The standard InChI is InChI=1S/C10H7BrN2OS/c11-8-3-1-7(2-4-8)5-9(14)10-6-12-13-15-10/h1-4,6H,5H2. The first-order valence-electron chi connectivity index (χ1n) is 4.31. The molecule has 0 saturated carbocycles. The monoisotopic (exact) mass is 282 g/mol. The minimum Gasteiger partial charge on any atom is -0.293 e. The fourth-order valence-electron chi connectivity index (χ4n) is 1.16. The predicted molar refractivity (Wildman–Crippen MR) is 62.1 cm³/mol. The van der Waals surface area contributed by atoms with Gasteiger partial charge < -0.3 is 0 Å². The van der Waals surface area contributed by atoms with E-state index in [-0.39, 0.29) is 5.78 Å². The van der Waals surface area contributed by atoms with Crippen molar-refractivity contribution in [2.45, 2.75) is 6.42 Å². The zero-order valence-corrected chi connectivity index (χ0v) is 10.1. The maximum Gasteiger partial charge on any atom is 0.180 e. The van der Waals surface area contributed by atoms with Crippen LogP contribution >= 0.6 is 27.5 Å². The van der Waals surface area contributed by atoms with Crippen molar-refractivity contribution in [1.82, 2.24) is 9.59 Å². The molecule has 0 unspecified atom stereocenters. The number of rotatable bonds is 3. The minimum atomic E-state index is 0.0623. The smallest absolute Gasteiger partial charge is 0.180 e. The van der Waals surface area contributed by atoms with Crippen LogP contribution in [0.25, 0.3) is 0 Å². The van der Waals surface area contributed by atoms with E-state index in [4.69, 9.17) is 0 Å². The van der Waals surface area contributed by atoms with E-state index in [2.05, 4.69) is 25.5 Å². The van der Waals surface area contributed by atoms with Crippen LogP contribution < -0.4 is 0 Å². The van der Waals surface area contributed by atoms with Crippen LogP contribution in [0.5, 0.6) is 0 Å². The Labute approximate surface area is 99.4 Å². The van der Waals surface area contributed by atoms with Gasteiger partial charge >= 0.3 is 0 Å². The zero-order valence-electron chi connectivity index (χ0n) is 7.68. The van der Waals surface area contributed by atoms with Crippen molar-refractivity contribution in [3.05, 3.63) is 45.4 Å². The maximum atomic E-state index is 11.7. The highest BCUT2D eigenvalue weighted by atomic mass is 79.9. The summed E-state index contributed by atoms with van der Waals surface area (Å²) >= 11 is 4.48. The Hall–Kier alpha value is -1.07. The second-order valence-electron chi connectivity index (χ2n) is 3.01. The van der Waals surface area contributed by atoms with Gasteiger partial charge in [-0.15, -0.1) is 5.10 Å². The van der Waals surface area contributed by atoms with Crippen LogP contribution in [0.4, 0.5) is 0 Å². The summed E-state index contributed by atoms with van der Waals surface area (Å²) in [7, 11) is 0. The van der Waals surface area contributed by atoms with Crippen molar-refractivity contribution in [3.8, 4) is 0 Å². The van der Waals surface area contributed by atoms with Gasteiger partial charge in [-0.1, -0.05) is 32.6 Å². The number of ketones is 1. The van der Waals surface area contributed by atoms with Crippen molar-refractivity contribution in [1.29, 1.82) is 0 Å². The fraction of sp³-hybridized carbons (Fsp3) is 0.100. The number of nitrogens with zero attached hydrogens (tertiary/aromatic N) is 2. The number of hydrogen-bond acceptors (Lipinski definition) is 4. The molecule has 1 heterocycles. The molecule has 0 atom stereocenters. The molecule has 0 N–H and O–H groups in total. The topological polar surface area (TPSA) is 42.9 Å². The molecule has 0 amide bonds. The molecular weight excluding hydrogens is 276 g/mol. The maximum absolute atomic E-state index is 11.7. The van der Waals surface area contributed by atoms with Crippen LogP contribution in [0, 0.1) is 0 Å². The Bertz CT molecular complexity index is 453. The molecule has 0 aliphatic rings. The van der Waals surface area contributed by atoms with Crippen LogP contribution in [0.3, 0.4) is 0 Å². The van der Waals surface area contributed by atoms with E-state index in [1.54, 1.807) is 0 Å². The van der Waals surface area contributed by atoms with Gasteiger partial charge in [-0.05, 0) is 29.2 Å². The highest BCUT2D eigenvalue weighted by molar-refractivity contribution is 9.10. The van der Waals surface area contributed by atoms with Crippen molar-refractivity contribution in [2.75, 3.05) is 0 Å². The van der Waals surface area contributed by atoms with Crippen LogP contribution in [0.2, 0.25) is 0 Å². The minimum absolute atomic E-state index is 0.0623. The summed E-state index contributed by atoms with van der Waals surface area (Å²) in [6.07, 6.45) is 1.91. The summed E-state index contributed by atoms with van der Waals surface area (Å²) in [5, 5.41) is 3.64. The van der Waals surface area contributed by atoms with E-state index in [9.17, 15) is 4.79 Å². The summed E-state index contributed by atoms with van der Waals surface area (Å²) in [6, 6.07) is 7.70. The quantitative estimate of drug-likeness (QED) is 0.813. The zero-order chi connectivity index (χ0) is 10.7. The molecule has 5 heteroatoms. The second kappa shape index (κ2) is 4.63. The Morgan fingerprint density at radius 3 is 2.67 bits per heavy atom. The Balaban J connectivity index is 2.09. The number of hydrogen-bond donors (Lipinski definition) is 0. The molecule has 15 heavy (non-hydrogen) atoms. The lowest BCUT2D eigenvalue weighted by Crippen LogP contribution is -2.00. The summed E-state index contributed by atoms with van der Waals surface area (Å²) in [4.78, 5) is 12.3. The highest BCUT2D eigenvalue weighted by Gasteiger charge is 2.09. The first-order valence-corrected chi connectivity index (χ1v) is 5.87. The van der Waals surface area contributed by atoms with Crippen LogP contribution in [0.1, 0.15) is 15.2 Å². The van der Waals surface area contributed by atoms with E-state index in [1.807, 2.05) is 24.3 Å². The SMILES string of the molecule is O=C(Cc1ccc(Br)cc1)c1cnns1. The molecule has 0 aliphatic carbocycles. The Morgan fingerprint density at radius 1 is 1.33 bits per heavy atom. The van der Waals surface area contributed by atoms with Crippen molar-refractivity contribution in [3.63, 3.8) is 0 Å². The molecule has 0 spiro atoms. The normalized spacial score (nSPS) is 10.2. The van der Waals surface area contributed by atoms with Crippen molar-refractivity contribution >= 4 is 33.2 Å². The predicted octanol–water partition coefficient (Wildman–Crippen LogP) is 2.73. The van der Waals surface area contributed by atoms with Gasteiger partial charge in [0.25, 0.3) is 0 Å². The molecule has 0 saturated heterocycles. The van der Waals surface area contributed by atoms with E-state index < -0.39 is 0 Å². The molecule has 76 valence electrons. The molecule has 2 aromatic rings. The molecule has 3 nitrogen and oxygen atoms in total. The third-order valence-electron chi connectivity index (χ3n) is 1.91. The van der Waals surface area contributed by atoms with Gasteiger partial charge in [0.2, 0.25) is 0 Å². The van der Waals surface area contributed by atoms with E-state index in [0.29, 0.717) is 11.3 Å². The Kier molecular flexibility index (Phi) is 3.23. The lowest BCUT2D eigenvalue weighted by atomic mass is 10.1.